The van der Waals surface area contributed by atoms with Crippen LogP contribution in [0.3, 0.4) is 0 Å². The number of imide groups is 1. The Morgan fingerprint density at radius 2 is 1.39 bits per heavy atom. The van der Waals surface area contributed by atoms with Gasteiger partial charge in [0.25, 0.3) is 0 Å². The van der Waals surface area contributed by atoms with E-state index in [4.69, 9.17) is 20.9 Å². The molecule has 2 rings (SSSR count). The van der Waals surface area contributed by atoms with Crippen molar-refractivity contribution < 1.29 is 28.7 Å². The van der Waals surface area contributed by atoms with E-state index in [1.54, 1.807) is 44.2 Å². The smallest absolute Gasteiger partial charge is 0.334 e. The molecule has 0 aliphatic carbocycles. The first-order valence-electron chi connectivity index (χ1n) is 12.2. The third kappa shape index (κ3) is 10.1. The van der Waals surface area contributed by atoms with Gasteiger partial charge in [0.05, 0.1) is 19.3 Å². The van der Waals surface area contributed by atoms with Gasteiger partial charge in [-0.3, -0.25) is 19.3 Å². The van der Waals surface area contributed by atoms with E-state index >= 15 is 0 Å². The highest BCUT2D eigenvalue weighted by molar-refractivity contribution is 7.98. The first-order chi connectivity index (χ1) is 17.8. The van der Waals surface area contributed by atoms with Crippen LogP contribution in [0.1, 0.15) is 43.9 Å². The zero-order valence-electron chi connectivity index (χ0n) is 21.6. The maximum atomic E-state index is 13.6. The van der Waals surface area contributed by atoms with Crippen molar-refractivity contribution >= 4 is 47.9 Å². The Hall–Kier alpha value is -2.92. The maximum Gasteiger partial charge on any atom is 0.334 e. The van der Waals surface area contributed by atoms with Crippen LogP contribution in [-0.2, 0) is 34.4 Å². The molecule has 2 aromatic carbocycles. The highest BCUT2D eigenvalue weighted by atomic mass is 35.5. The molecule has 0 spiro atoms. The molecule has 0 bridgehead atoms. The van der Waals surface area contributed by atoms with Gasteiger partial charge in [0, 0.05) is 17.9 Å². The first-order valence-corrected chi connectivity index (χ1v) is 13.3. The molecule has 9 nitrogen and oxygen atoms in total. The molecule has 38 heavy (non-hydrogen) atoms. The summed E-state index contributed by atoms with van der Waals surface area (Å²) in [5.74, 6) is -1.94. The van der Waals surface area contributed by atoms with Gasteiger partial charge in [-0.1, -0.05) is 60.7 Å². The van der Waals surface area contributed by atoms with Crippen molar-refractivity contribution in [1.82, 2.24) is 4.90 Å². The molecule has 2 amide bonds. The van der Waals surface area contributed by atoms with Gasteiger partial charge < -0.3 is 20.9 Å². The van der Waals surface area contributed by atoms with Crippen LogP contribution in [0.2, 0.25) is 0 Å². The SMILES string of the molecule is CCOC(=O)[C@@H](N)CCC(=O)N(C(=O)[C@@H](N)CSCc1ccccc1)[C@@H](C(=O)OCC)c1ccccc1.Cl. The predicted molar refractivity (Wildman–Crippen MR) is 149 cm³/mol. The molecule has 0 aromatic heterocycles. The van der Waals surface area contributed by atoms with Gasteiger partial charge in [-0.2, -0.15) is 11.8 Å². The molecular weight excluding hydrogens is 530 g/mol. The second-order valence-corrected chi connectivity index (χ2v) is 9.20. The Balaban J connectivity index is 0.00000722. The fourth-order valence-corrected chi connectivity index (χ4v) is 4.48. The number of nitrogens with two attached hydrogens (primary N) is 2. The molecule has 0 saturated heterocycles. The van der Waals surface area contributed by atoms with Gasteiger partial charge in [-0.25, -0.2) is 4.79 Å². The number of hydrogen-bond donors (Lipinski definition) is 2. The number of amides is 2. The van der Waals surface area contributed by atoms with Gasteiger partial charge in [0.15, 0.2) is 6.04 Å². The van der Waals surface area contributed by atoms with E-state index in [0.717, 1.165) is 10.5 Å². The lowest BCUT2D eigenvalue weighted by Gasteiger charge is -2.31. The van der Waals surface area contributed by atoms with E-state index in [9.17, 15) is 19.2 Å². The number of nitrogens with zero attached hydrogens (tertiary/aromatic N) is 1. The van der Waals surface area contributed by atoms with Crippen molar-refractivity contribution in [2.24, 2.45) is 11.5 Å². The van der Waals surface area contributed by atoms with Gasteiger partial charge in [0.1, 0.15) is 6.04 Å². The second kappa shape index (κ2) is 17.6. The fourth-order valence-electron chi connectivity index (χ4n) is 3.54. The monoisotopic (exact) mass is 565 g/mol. The summed E-state index contributed by atoms with van der Waals surface area (Å²) in [6, 6.07) is 14.7. The van der Waals surface area contributed by atoms with Crippen molar-refractivity contribution in [2.75, 3.05) is 19.0 Å². The number of rotatable bonds is 14. The van der Waals surface area contributed by atoms with E-state index < -0.39 is 41.9 Å². The molecule has 3 atom stereocenters. The number of esters is 2. The fraction of sp³-hybridized carbons (Fsp3) is 0.407. The average Bonchev–Trinajstić information content (AvgIpc) is 2.91. The average molecular weight is 566 g/mol. The molecular formula is C27H36ClN3O6S. The summed E-state index contributed by atoms with van der Waals surface area (Å²) in [6.45, 7) is 3.50. The van der Waals surface area contributed by atoms with E-state index in [-0.39, 0.29) is 44.2 Å². The van der Waals surface area contributed by atoms with Gasteiger partial charge in [-0.05, 0) is 31.4 Å². The normalized spacial score (nSPS) is 12.8. The molecule has 208 valence electrons. The van der Waals surface area contributed by atoms with Crippen LogP contribution in [0.15, 0.2) is 60.7 Å². The molecule has 11 heteroatoms. The second-order valence-electron chi connectivity index (χ2n) is 8.17. The van der Waals surface area contributed by atoms with E-state index in [1.807, 2.05) is 30.3 Å². The van der Waals surface area contributed by atoms with Crippen LogP contribution in [0.4, 0.5) is 0 Å². The number of hydrogen-bond acceptors (Lipinski definition) is 9. The minimum atomic E-state index is -1.33. The standard InChI is InChI=1S/C27H35N3O6S.ClH/c1-3-35-26(33)21(28)15-16-23(31)30(24(27(34)36-4-2)20-13-9-6-10-14-20)25(32)22(29)18-37-17-19-11-7-5-8-12-19;/h5-14,21-22,24H,3-4,15-18,28-29H2,1-2H3;1H/t21-,22-,24+;/m0./s1. The summed E-state index contributed by atoms with van der Waals surface area (Å²) >= 11 is 1.44. The molecule has 4 N–H and O–H groups in total. The number of carbonyl (C=O) groups excluding carboxylic acids is 4. The topological polar surface area (TPSA) is 142 Å². The van der Waals surface area contributed by atoms with Crippen molar-refractivity contribution in [3.8, 4) is 0 Å². The third-order valence-corrected chi connectivity index (χ3v) is 6.51. The number of carbonyl (C=O) groups is 4. The van der Waals surface area contributed by atoms with Crippen molar-refractivity contribution in [1.29, 1.82) is 0 Å². The Labute approximate surface area is 234 Å². The van der Waals surface area contributed by atoms with E-state index in [1.165, 1.54) is 11.8 Å². The largest absolute Gasteiger partial charge is 0.465 e. The van der Waals surface area contributed by atoms with Crippen LogP contribution in [-0.4, -0.2) is 59.7 Å². The number of benzene rings is 2. The van der Waals surface area contributed by atoms with Crippen molar-refractivity contribution in [2.45, 2.75) is 50.6 Å². The van der Waals surface area contributed by atoms with Crippen LogP contribution < -0.4 is 11.5 Å². The molecule has 0 radical (unpaired) electrons. The zero-order chi connectivity index (χ0) is 27.2. The van der Waals surface area contributed by atoms with E-state index in [2.05, 4.69) is 0 Å². The summed E-state index contributed by atoms with van der Waals surface area (Å²) in [6.07, 6.45) is -0.331. The Bertz CT molecular complexity index is 1030. The van der Waals surface area contributed by atoms with Crippen LogP contribution in [0, 0.1) is 0 Å². The molecule has 0 unspecified atom stereocenters. The van der Waals surface area contributed by atoms with Crippen LogP contribution in [0.25, 0.3) is 0 Å². The molecule has 0 heterocycles. The minimum Gasteiger partial charge on any atom is -0.465 e. The number of thioether (sulfide) groups is 1. The van der Waals surface area contributed by atoms with Crippen molar-refractivity contribution in [3.05, 3.63) is 71.8 Å². The van der Waals surface area contributed by atoms with Crippen LogP contribution >= 0.6 is 24.2 Å². The minimum absolute atomic E-state index is 0. The molecule has 2 aromatic rings. The Morgan fingerprint density at radius 3 is 1.97 bits per heavy atom. The summed E-state index contributed by atoms with van der Waals surface area (Å²) in [5, 5.41) is 0. The molecule has 0 aliphatic rings. The van der Waals surface area contributed by atoms with Gasteiger partial charge in [0.2, 0.25) is 11.8 Å². The highest BCUT2D eigenvalue weighted by Crippen LogP contribution is 2.26. The molecule has 0 saturated carbocycles. The summed E-state index contributed by atoms with van der Waals surface area (Å²) in [7, 11) is 0. The number of ether oxygens (including phenoxy) is 2. The maximum absolute atomic E-state index is 13.6. The molecule has 0 fully saturated rings. The Morgan fingerprint density at radius 1 is 0.842 bits per heavy atom. The van der Waals surface area contributed by atoms with Crippen LogP contribution in [0.5, 0.6) is 0 Å². The van der Waals surface area contributed by atoms with Crippen molar-refractivity contribution in [3.63, 3.8) is 0 Å². The van der Waals surface area contributed by atoms with Gasteiger partial charge in [-0.15, -0.1) is 12.4 Å². The summed E-state index contributed by atoms with van der Waals surface area (Å²) in [5.41, 5.74) is 13.6. The van der Waals surface area contributed by atoms with E-state index in [0.29, 0.717) is 11.3 Å². The molecule has 0 aliphatic heterocycles. The number of halogens is 1. The zero-order valence-corrected chi connectivity index (χ0v) is 23.2. The first kappa shape index (κ1) is 33.1. The lowest BCUT2D eigenvalue weighted by Crippen LogP contribution is -2.51. The third-order valence-electron chi connectivity index (χ3n) is 5.37. The predicted octanol–water partition coefficient (Wildman–Crippen LogP) is 3.00. The lowest BCUT2D eigenvalue weighted by molar-refractivity contribution is -0.162. The Kier molecular flexibility index (Phi) is 15.3. The lowest BCUT2D eigenvalue weighted by atomic mass is 10.0. The summed E-state index contributed by atoms with van der Waals surface area (Å²) in [4.78, 5) is 52.8. The highest BCUT2D eigenvalue weighted by Gasteiger charge is 2.39. The quantitative estimate of drug-likeness (QED) is 0.330. The summed E-state index contributed by atoms with van der Waals surface area (Å²) < 4.78 is 10.1. The van der Waals surface area contributed by atoms with Gasteiger partial charge >= 0.3 is 11.9 Å².